The van der Waals surface area contributed by atoms with Gasteiger partial charge in [0.2, 0.25) is 11.8 Å². The Balaban J connectivity index is 1.30. The van der Waals surface area contributed by atoms with Crippen molar-refractivity contribution in [3.8, 4) is 17.2 Å². The average molecular weight is 476 g/mol. The fraction of sp³-hybridized carbons (Fsp3) is 0.385. The summed E-state index contributed by atoms with van der Waals surface area (Å²) in [5.41, 5.74) is 2.03. The van der Waals surface area contributed by atoms with Crippen molar-refractivity contribution in [2.75, 3.05) is 19.1 Å². The van der Waals surface area contributed by atoms with Crippen LogP contribution in [-0.2, 0) is 19.2 Å². The summed E-state index contributed by atoms with van der Waals surface area (Å²) in [5, 5.41) is 4.40. The minimum Gasteiger partial charge on any atom is -0.497 e. The predicted octanol–water partition coefficient (Wildman–Crippen LogP) is 2.80. The Hall–Kier alpha value is -3.88. The molecular formula is C26H24N2O7. The maximum atomic E-state index is 13.6. The first kappa shape index (κ1) is 21.6. The van der Waals surface area contributed by atoms with E-state index in [9.17, 15) is 14.4 Å². The normalized spacial score (nSPS) is 30.0. The smallest absolute Gasteiger partial charge is 0.308 e. The number of nitrogens with zero attached hydrogens (tertiary/aromatic N) is 2. The number of imide groups is 1. The maximum Gasteiger partial charge on any atom is 0.308 e. The Bertz CT molecular complexity index is 1270. The fourth-order valence-corrected chi connectivity index (χ4v) is 6.44. The van der Waals surface area contributed by atoms with Crippen LogP contribution in [0.5, 0.6) is 17.2 Å². The van der Waals surface area contributed by atoms with Gasteiger partial charge in [-0.25, -0.2) is 0 Å². The molecule has 9 nitrogen and oxygen atoms in total. The van der Waals surface area contributed by atoms with Gasteiger partial charge in [0.1, 0.15) is 23.4 Å². The number of esters is 1. The summed E-state index contributed by atoms with van der Waals surface area (Å²) in [4.78, 5) is 45.4. The second kappa shape index (κ2) is 7.83. The van der Waals surface area contributed by atoms with Gasteiger partial charge in [-0.2, -0.15) is 0 Å². The SMILES string of the molecule is COc1ccc(C2=NO[C@@H]3[C@H]4C[C@@H]([C@H]23)[C@@H]2C(=O)N(c3ccc(OC(C)=O)cc3)C(=O)[C@@H]42)c(OC)c1. The summed E-state index contributed by atoms with van der Waals surface area (Å²) in [6.45, 7) is 1.32. The zero-order chi connectivity index (χ0) is 24.4. The van der Waals surface area contributed by atoms with E-state index in [1.165, 1.54) is 11.8 Å². The molecule has 4 aliphatic rings. The highest BCUT2D eigenvalue weighted by atomic mass is 16.6. The summed E-state index contributed by atoms with van der Waals surface area (Å²) >= 11 is 0. The van der Waals surface area contributed by atoms with E-state index in [-0.39, 0.29) is 35.7 Å². The van der Waals surface area contributed by atoms with Crippen molar-refractivity contribution in [2.24, 2.45) is 34.7 Å². The first-order valence-corrected chi connectivity index (χ1v) is 11.5. The Morgan fingerprint density at radius 2 is 1.63 bits per heavy atom. The van der Waals surface area contributed by atoms with Crippen LogP contribution in [0.2, 0.25) is 0 Å². The third-order valence-corrected chi connectivity index (χ3v) is 7.73. The molecule has 0 unspecified atom stereocenters. The molecule has 2 aromatic rings. The third-order valence-electron chi connectivity index (χ3n) is 7.73. The lowest BCUT2D eigenvalue weighted by Gasteiger charge is -2.30. The molecule has 6 rings (SSSR count). The van der Waals surface area contributed by atoms with Crippen molar-refractivity contribution in [2.45, 2.75) is 19.4 Å². The molecule has 2 aliphatic carbocycles. The second-order valence-corrected chi connectivity index (χ2v) is 9.35. The molecule has 0 radical (unpaired) electrons. The highest BCUT2D eigenvalue weighted by molar-refractivity contribution is 6.23. The van der Waals surface area contributed by atoms with E-state index < -0.39 is 17.8 Å². The summed E-state index contributed by atoms with van der Waals surface area (Å²) < 4.78 is 16.0. The van der Waals surface area contributed by atoms with Crippen LogP contribution >= 0.6 is 0 Å². The minimum absolute atomic E-state index is 0.0511. The summed E-state index contributed by atoms with van der Waals surface area (Å²) in [6, 6.07) is 12.0. The number of amides is 2. The van der Waals surface area contributed by atoms with Crippen molar-refractivity contribution >= 4 is 29.2 Å². The van der Waals surface area contributed by atoms with Gasteiger partial charge in [0, 0.05) is 30.4 Å². The second-order valence-electron chi connectivity index (χ2n) is 9.35. The lowest BCUT2D eigenvalue weighted by Crippen LogP contribution is -2.41. The molecule has 2 aliphatic heterocycles. The number of rotatable bonds is 5. The molecule has 2 amide bonds. The number of ether oxygens (including phenoxy) is 3. The molecule has 180 valence electrons. The van der Waals surface area contributed by atoms with Crippen LogP contribution in [0.3, 0.4) is 0 Å². The number of hydrogen-bond acceptors (Lipinski definition) is 8. The number of methoxy groups -OCH3 is 2. The summed E-state index contributed by atoms with van der Waals surface area (Å²) in [7, 11) is 3.18. The van der Waals surface area contributed by atoms with Crippen LogP contribution in [0.25, 0.3) is 0 Å². The van der Waals surface area contributed by atoms with Crippen LogP contribution in [0.4, 0.5) is 5.69 Å². The van der Waals surface area contributed by atoms with Crippen molar-refractivity contribution in [3.05, 3.63) is 48.0 Å². The zero-order valence-electron chi connectivity index (χ0n) is 19.5. The average Bonchev–Trinajstić information content (AvgIpc) is 3.59. The van der Waals surface area contributed by atoms with E-state index in [1.54, 1.807) is 44.6 Å². The number of oxime groups is 1. The maximum absolute atomic E-state index is 13.6. The quantitative estimate of drug-likeness (QED) is 0.371. The van der Waals surface area contributed by atoms with Gasteiger partial charge < -0.3 is 19.0 Å². The number of benzene rings is 2. The molecule has 0 N–H and O–H groups in total. The Morgan fingerprint density at radius 1 is 0.943 bits per heavy atom. The van der Waals surface area contributed by atoms with E-state index >= 15 is 0 Å². The van der Waals surface area contributed by atoms with Gasteiger partial charge in [-0.3, -0.25) is 19.3 Å². The van der Waals surface area contributed by atoms with Crippen molar-refractivity contribution < 1.29 is 33.4 Å². The van der Waals surface area contributed by atoms with Crippen molar-refractivity contribution in [3.63, 3.8) is 0 Å². The van der Waals surface area contributed by atoms with Gasteiger partial charge in [0.25, 0.3) is 0 Å². The van der Waals surface area contributed by atoms with Gasteiger partial charge in [-0.1, -0.05) is 5.16 Å². The van der Waals surface area contributed by atoms with E-state index in [0.29, 0.717) is 22.9 Å². The van der Waals surface area contributed by atoms with Crippen LogP contribution in [0.15, 0.2) is 47.6 Å². The number of carbonyl (C=O) groups excluding carboxylic acids is 3. The summed E-state index contributed by atoms with van der Waals surface area (Å²) in [5.74, 6) is -0.251. The molecule has 2 heterocycles. The van der Waals surface area contributed by atoms with E-state index in [0.717, 1.165) is 17.7 Å². The molecule has 0 spiro atoms. The fourth-order valence-electron chi connectivity index (χ4n) is 6.44. The van der Waals surface area contributed by atoms with Crippen LogP contribution in [0, 0.1) is 29.6 Å². The Labute approximate surface area is 201 Å². The third kappa shape index (κ3) is 3.07. The monoisotopic (exact) mass is 476 g/mol. The largest absolute Gasteiger partial charge is 0.497 e. The lowest BCUT2D eigenvalue weighted by molar-refractivity contribution is -0.132. The van der Waals surface area contributed by atoms with Gasteiger partial charge in [0.05, 0.1) is 37.5 Å². The lowest BCUT2D eigenvalue weighted by atomic mass is 9.71. The standard InChI is InChI=1S/C26H24N2O7/c1-12(29)34-14-6-4-13(5-7-14)28-25(30)20-17-11-18(21(20)26(28)31)24-22(17)23(27-35-24)16-9-8-15(32-2)10-19(16)33-3/h4-10,17-18,20-22,24H,11H2,1-3H3/t17-,18+,20+,21+,22-,24-/m1/s1. The molecular weight excluding hydrogens is 452 g/mol. The number of anilines is 1. The van der Waals surface area contributed by atoms with Crippen molar-refractivity contribution in [1.29, 1.82) is 0 Å². The Kier molecular flexibility index (Phi) is 4.84. The first-order chi connectivity index (χ1) is 16.9. The van der Waals surface area contributed by atoms with Crippen LogP contribution in [-0.4, -0.2) is 43.8 Å². The number of hydrogen-bond donors (Lipinski definition) is 0. The summed E-state index contributed by atoms with van der Waals surface area (Å²) in [6.07, 6.45) is 0.505. The molecule has 1 saturated heterocycles. The zero-order valence-corrected chi connectivity index (χ0v) is 19.5. The molecule has 2 aromatic carbocycles. The molecule has 3 fully saturated rings. The van der Waals surface area contributed by atoms with Gasteiger partial charge >= 0.3 is 5.97 Å². The van der Waals surface area contributed by atoms with Gasteiger partial charge in [-0.05, 0) is 48.7 Å². The molecule has 35 heavy (non-hydrogen) atoms. The Morgan fingerprint density at radius 3 is 2.29 bits per heavy atom. The predicted molar refractivity (Wildman–Crippen MR) is 123 cm³/mol. The van der Waals surface area contributed by atoms with Gasteiger partial charge in [0.15, 0.2) is 0 Å². The minimum atomic E-state index is -0.435. The molecule has 9 heteroatoms. The van der Waals surface area contributed by atoms with E-state index in [2.05, 4.69) is 5.16 Å². The topological polar surface area (TPSA) is 104 Å². The highest BCUT2D eigenvalue weighted by Crippen LogP contribution is 2.62. The van der Waals surface area contributed by atoms with E-state index in [4.69, 9.17) is 19.0 Å². The van der Waals surface area contributed by atoms with Crippen molar-refractivity contribution in [1.82, 2.24) is 0 Å². The molecule has 0 aromatic heterocycles. The molecule has 6 atom stereocenters. The first-order valence-electron chi connectivity index (χ1n) is 11.5. The molecule has 2 bridgehead atoms. The molecule has 2 saturated carbocycles. The number of carbonyl (C=O) groups is 3. The van der Waals surface area contributed by atoms with Crippen LogP contribution in [0.1, 0.15) is 18.9 Å². The number of fused-ring (bicyclic) bond motifs is 8. The van der Waals surface area contributed by atoms with Gasteiger partial charge in [-0.15, -0.1) is 0 Å². The van der Waals surface area contributed by atoms with E-state index in [1.807, 2.05) is 12.1 Å². The highest BCUT2D eigenvalue weighted by Gasteiger charge is 2.70. The van der Waals surface area contributed by atoms with Crippen LogP contribution < -0.4 is 19.1 Å².